The lowest BCUT2D eigenvalue weighted by Gasteiger charge is -2.26. The van der Waals surface area contributed by atoms with Crippen molar-refractivity contribution in [3.05, 3.63) is 35.6 Å². The van der Waals surface area contributed by atoms with Gasteiger partial charge in [-0.25, -0.2) is 4.39 Å². The molecule has 4 nitrogen and oxygen atoms in total. The summed E-state index contributed by atoms with van der Waals surface area (Å²) in [6, 6.07) is 6.60. The Morgan fingerprint density at radius 2 is 1.91 bits per heavy atom. The Morgan fingerprint density at radius 1 is 1.26 bits per heavy atom. The van der Waals surface area contributed by atoms with Crippen LogP contribution in [0.4, 0.5) is 4.39 Å². The van der Waals surface area contributed by atoms with Gasteiger partial charge in [0.05, 0.1) is 0 Å². The summed E-state index contributed by atoms with van der Waals surface area (Å²) < 4.78 is 13.9. The van der Waals surface area contributed by atoms with Gasteiger partial charge in [0.1, 0.15) is 5.82 Å². The first kappa shape index (κ1) is 17.4. The van der Waals surface area contributed by atoms with Crippen LogP contribution in [0, 0.1) is 17.7 Å². The smallest absolute Gasteiger partial charge is 0.223 e. The van der Waals surface area contributed by atoms with E-state index in [0.717, 1.165) is 6.42 Å². The molecule has 1 aliphatic rings. The lowest BCUT2D eigenvalue weighted by molar-refractivity contribution is -0.123. The van der Waals surface area contributed by atoms with Crippen molar-refractivity contribution < 1.29 is 14.0 Å². The number of rotatable bonds is 7. The molecule has 1 fully saturated rings. The van der Waals surface area contributed by atoms with E-state index in [0.29, 0.717) is 24.6 Å². The summed E-state index contributed by atoms with van der Waals surface area (Å²) in [5, 5.41) is 5.60. The average molecular weight is 320 g/mol. The van der Waals surface area contributed by atoms with Gasteiger partial charge in [-0.05, 0) is 24.0 Å². The van der Waals surface area contributed by atoms with Crippen molar-refractivity contribution in [2.24, 2.45) is 11.8 Å². The molecule has 1 aromatic rings. The maximum absolute atomic E-state index is 13.9. The van der Waals surface area contributed by atoms with Gasteiger partial charge in [-0.1, -0.05) is 39.0 Å². The third-order valence-corrected chi connectivity index (χ3v) is 4.43. The molecular weight excluding hydrogens is 295 g/mol. The molecule has 0 bridgehead atoms. The van der Waals surface area contributed by atoms with Crippen molar-refractivity contribution in [1.29, 1.82) is 0 Å². The Hall–Kier alpha value is -1.91. The predicted molar refractivity (Wildman–Crippen MR) is 87.3 cm³/mol. The van der Waals surface area contributed by atoms with Crippen LogP contribution in [-0.4, -0.2) is 24.9 Å². The van der Waals surface area contributed by atoms with Gasteiger partial charge in [0.2, 0.25) is 11.8 Å². The van der Waals surface area contributed by atoms with Crippen molar-refractivity contribution in [3.63, 3.8) is 0 Å². The highest BCUT2D eigenvalue weighted by atomic mass is 19.1. The number of nitrogens with one attached hydrogen (secondary N) is 2. The Labute approximate surface area is 136 Å². The minimum atomic E-state index is -0.492. The van der Waals surface area contributed by atoms with Crippen LogP contribution < -0.4 is 10.6 Å². The molecule has 0 spiro atoms. The maximum atomic E-state index is 13.9. The quantitative estimate of drug-likeness (QED) is 0.810. The zero-order chi connectivity index (χ0) is 17.0. The van der Waals surface area contributed by atoms with Crippen molar-refractivity contribution in [2.45, 2.75) is 39.0 Å². The summed E-state index contributed by atoms with van der Waals surface area (Å²) in [6.07, 6.45) is 1.18. The van der Waals surface area contributed by atoms with Crippen LogP contribution in [-0.2, 0) is 15.0 Å². The SMILES string of the molecule is C[C@H]1C[C@H]1C(=O)NCCC(=O)NCC(C)(C)c1ccccc1F. The number of carbonyl (C=O) groups is 2. The summed E-state index contributed by atoms with van der Waals surface area (Å²) in [5.74, 6) is 0.219. The molecule has 2 amide bonds. The fourth-order valence-corrected chi connectivity index (χ4v) is 2.63. The molecule has 1 aromatic carbocycles. The zero-order valence-electron chi connectivity index (χ0n) is 14.0. The van der Waals surface area contributed by atoms with Crippen molar-refractivity contribution >= 4 is 11.8 Å². The van der Waals surface area contributed by atoms with Crippen LogP contribution in [0.25, 0.3) is 0 Å². The predicted octanol–water partition coefficient (Wildman–Crippen LogP) is 2.38. The van der Waals surface area contributed by atoms with Crippen LogP contribution in [0.5, 0.6) is 0 Å². The molecule has 2 rings (SSSR count). The minimum absolute atomic E-state index is 0.0389. The summed E-state index contributed by atoms with van der Waals surface area (Å²) in [5.41, 5.74) is 0.0876. The van der Waals surface area contributed by atoms with Crippen molar-refractivity contribution in [3.8, 4) is 0 Å². The molecule has 23 heavy (non-hydrogen) atoms. The molecule has 126 valence electrons. The van der Waals surface area contributed by atoms with E-state index in [1.54, 1.807) is 18.2 Å². The number of hydrogen-bond donors (Lipinski definition) is 2. The van der Waals surface area contributed by atoms with Crippen molar-refractivity contribution in [1.82, 2.24) is 10.6 Å². The minimum Gasteiger partial charge on any atom is -0.355 e. The summed E-state index contributed by atoms with van der Waals surface area (Å²) >= 11 is 0. The fraction of sp³-hybridized carbons (Fsp3) is 0.556. The van der Waals surface area contributed by atoms with Crippen LogP contribution in [0.3, 0.4) is 0 Å². The van der Waals surface area contributed by atoms with Gasteiger partial charge in [-0.3, -0.25) is 9.59 Å². The Kier molecular flexibility index (Phi) is 5.39. The third kappa shape index (κ3) is 4.78. The maximum Gasteiger partial charge on any atom is 0.223 e. The normalized spacial score (nSPS) is 20.0. The van der Waals surface area contributed by atoms with Gasteiger partial charge < -0.3 is 10.6 Å². The van der Waals surface area contributed by atoms with Gasteiger partial charge in [0.25, 0.3) is 0 Å². The lowest BCUT2D eigenvalue weighted by Crippen LogP contribution is -2.38. The van der Waals surface area contributed by atoms with E-state index in [9.17, 15) is 14.0 Å². The second-order valence-corrected chi connectivity index (χ2v) is 7.00. The Bertz CT molecular complexity index is 586. The molecule has 5 heteroatoms. The van der Waals surface area contributed by atoms with Gasteiger partial charge in [-0.15, -0.1) is 0 Å². The van der Waals surface area contributed by atoms with Gasteiger partial charge in [-0.2, -0.15) is 0 Å². The van der Waals surface area contributed by atoms with E-state index in [4.69, 9.17) is 0 Å². The number of hydrogen-bond acceptors (Lipinski definition) is 2. The van der Waals surface area contributed by atoms with Crippen LogP contribution >= 0.6 is 0 Å². The van der Waals surface area contributed by atoms with Crippen LogP contribution in [0.2, 0.25) is 0 Å². The zero-order valence-corrected chi connectivity index (χ0v) is 14.0. The average Bonchev–Trinajstić information content (AvgIpc) is 3.22. The topological polar surface area (TPSA) is 58.2 Å². The van der Waals surface area contributed by atoms with E-state index in [1.165, 1.54) is 6.07 Å². The van der Waals surface area contributed by atoms with E-state index in [1.807, 2.05) is 20.8 Å². The summed E-state index contributed by atoms with van der Waals surface area (Å²) in [6.45, 7) is 6.51. The van der Waals surface area contributed by atoms with E-state index in [-0.39, 0.29) is 30.0 Å². The molecule has 1 aliphatic carbocycles. The van der Waals surface area contributed by atoms with Gasteiger partial charge >= 0.3 is 0 Å². The molecule has 2 atom stereocenters. The van der Waals surface area contributed by atoms with Gasteiger partial charge in [0.15, 0.2) is 0 Å². The second kappa shape index (κ2) is 7.11. The largest absolute Gasteiger partial charge is 0.355 e. The standard InChI is InChI=1S/C18H25FN2O2/c1-12-10-13(12)17(23)20-9-8-16(22)21-11-18(2,3)14-6-4-5-7-15(14)19/h4-7,12-13H,8-11H2,1-3H3,(H,20,23)(H,21,22)/t12-,13+/m0/s1. The first-order valence-electron chi connectivity index (χ1n) is 8.10. The number of benzene rings is 1. The molecular formula is C18H25FN2O2. The molecule has 0 aromatic heterocycles. The molecule has 2 N–H and O–H groups in total. The molecule has 0 radical (unpaired) electrons. The van der Waals surface area contributed by atoms with E-state index >= 15 is 0 Å². The van der Waals surface area contributed by atoms with E-state index in [2.05, 4.69) is 10.6 Å². The Morgan fingerprint density at radius 3 is 2.52 bits per heavy atom. The molecule has 0 saturated heterocycles. The first-order chi connectivity index (χ1) is 10.8. The highest BCUT2D eigenvalue weighted by molar-refractivity contribution is 5.82. The number of halogens is 1. The fourth-order valence-electron chi connectivity index (χ4n) is 2.63. The number of carbonyl (C=O) groups excluding carboxylic acids is 2. The highest BCUT2D eigenvalue weighted by Crippen LogP contribution is 2.37. The molecule has 0 aliphatic heterocycles. The summed E-state index contributed by atoms with van der Waals surface area (Å²) in [7, 11) is 0. The van der Waals surface area contributed by atoms with E-state index < -0.39 is 5.41 Å². The third-order valence-electron chi connectivity index (χ3n) is 4.43. The van der Waals surface area contributed by atoms with Crippen LogP contribution in [0.15, 0.2) is 24.3 Å². The Balaban J connectivity index is 1.73. The molecule has 0 heterocycles. The highest BCUT2D eigenvalue weighted by Gasteiger charge is 2.38. The van der Waals surface area contributed by atoms with Crippen molar-refractivity contribution in [2.75, 3.05) is 13.1 Å². The number of amides is 2. The lowest BCUT2D eigenvalue weighted by atomic mass is 9.84. The van der Waals surface area contributed by atoms with Gasteiger partial charge in [0, 0.05) is 30.8 Å². The second-order valence-electron chi connectivity index (χ2n) is 7.00. The first-order valence-corrected chi connectivity index (χ1v) is 8.10. The van der Waals surface area contributed by atoms with Crippen LogP contribution in [0.1, 0.15) is 39.2 Å². The molecule has 1 saturated carbocycles. The monoisotopic (exact) mass is 320 g/mol. The molecule has 0 unspecified atom stereocenters. The summed E-state index contributed by atoms with van der Waals surface area (Å²) in [4.78, 5) is 23.5.